The van der Waals surface area contributed by atoms with Crippen molar-refractivity contribution in [3.63, 3.8) is 0 Å². The number of ether oxygens (including phenoxy) is 2. The lowest BCUT2D eigenvalue weighted by Crippen LogP contribution is -2.34. The molecule has 1 aliphatic rings. The highest BCUT2D eigenvalue weighted by atomic mass is 32.2. The molecule has 7 nitrogen and oxygen atoms in total. The van der Waals surface area contributed by atoms with Crippen molar-refractivity contribution in [2.75, 3.05) is 19.0 Å². The number of hydrogen-bond acceptors (Lipinski definition) is 5. The van der Waals surface area contributed by atoms with Crippen molar-refractivity contribution in [3.8, 4) is 11.5 Å². The summed E-state index contributed by atoms with van der Waals surface area (Å²) in [5, 5.41) is 2.65. The lowest BCUT2D eigenvalue weighted by molar-refractivity contribution is -0.122. The van der Waals surface area contributed by atoms with E-state index in [1.807, 2.05) is 24.3 Å². The van der Waals surface area contributed by atoms with Gasteiger partial charge in [-0.15, -0.1) is 0 Å². The van der Waals surface area contributed by atoms with Crippen molar-refractivity contribution in [1.29, 1.82) is 0 Å². The van der Waals surface area contributed by atoms with Gasteiger partial charge in [-0.25, -0.2) is 13.1 Å². The number of carbonyl (C=O) groups excluding carboxylic acids is 1. The summed E-state index contributed by atoms with van der Waals surface area (Å²) in [6, 6.07) is 11.8. The zero-order chi connectivity index (χ0) is 18.7. The van der Waals surface area contributed by atoms with Crippen LogP contribution >= 0.6 is 0 Å². The van der Waals surface area contributed by atoms with Crippen LogP contribution in [0.3, 0.4) is 0 Å². The Morgan fingerprint density at radius 2 is 1.92 bits per heavy atom. The quantitative estimate of drug-likeness (QED) is 0.804. The van der Waals surface area contributed by atoms with Gasteiger partial charge in [0.1, 0.15) is 11.5 Å². The van der Waals surface area contributed by atoms with E-state index in [-0.39, 0.29) is 17.3 Å². The van der Waals surface area contributed by atoms with Crippen molar-refractivity contribution < 1.29 is 22.7 Å². The molecular weight excluding hydrogens is 356 g/mol. The molecule has 26 heavy (non-hydrogen) atoms. The third-order valence-electron chi connectivity index (χ3n) is 4.06. The van der Waals surface area contributed by atoms with Gasteiger partial charge >= 0.3 is 0 Å². The van der Waals surface area contributed by atoms with E-state index in [0.717, 1.165) is 11.3 Å². The van der Waals surface area contributed by atoms with Gasteiger partial charge in [-0.05, 0) is 49.2 Å². The smallest absolute Gasteiger partial charge is 0.265 e. The van der Waals surface area contributed by atoms with Gasteiger partial charge in [0.25, 0.3) is 5.91 Å². The molecule has 0 saturated carbocycles. The fourth-order valence-electron chi connectivity index (χ4n) is 2.56. The molecule has 0 bridgehead atoms. The molecule has 138 valence electrons. The van der Waals surface area contributed by atoms with E-state index >= 15 is 0 Å². The van der Waals surface area contributed by atoms with E-state index < -0.39 is 16.1 Å². The van der Waals surface area contributed by atoms with Crippen LogP contribution in [0, 0.1) is 0 Å². The lowest BCUT2D eigenvalue weighted by atomic mass is 10.1. The van der Waals surface area contributed by atoms with E-state index in [1.165, 1.54) is 12.1 Å². The predicted molar refractivity (Wildman–Crippen MR) is 97.0 cm³/mol. The van der Waals surface area contributed by atoms with Gasteiger partial charge in [-0.3, -0.25) is 4.79 Å². The molecule has 3 rings (SSSR count). The number of amides is 1. The summed E-state index contributed by atoms with van der Waals surface area (Å²) in [4.78, 5) is 11.8. The van der Waals surface area contributed by atoms with Crippen LogP contribution in [-0.4, -0.2) is 34.1 Å². The fourth-order valence-corrected chi connectivity index (χ4v) is 3.62. The Labute approximate surface area is 152 Å². The minimum absolute atomic E-state index is 0.0735. The van der Waals surface area contributed by atoms with Gasteiger partial charge in [-0.2, -0.15) is 0 Å². The maximum absolute atomic E-state index is 12.5. The summed E-state index contributed by atoms with van der Waals surface area (Å²) < 4.78 is 38.0. The van der Waals surface area contributed by atoms with Crippen LogP contribution in [0.25, 0.3) is 0 Å². The number of nitrogens with one attached hydrogen (secondary N) is 2. The molecule has 0 fully saturated rings. The molecule has 1 atom stereocenters. The minimum Gasteiger partial charge on any atom is -0.497 e. The van der Waals surface area contributed by atoms with Crippen LogP contribution < -0.4 is 19.5 Å². The highest BCUT2D eigenvalue weighted by Gasteiger charge is 2.25. The second-order valence-electron chi connectivity index (χ2n) is 5.90. The largest absolute Gasteiger partial charge is 0.497 e. The fraction of sp³-hybridized carbons (Fsp3) is 0.278. The lowest BCUT2D eigenvalue weighted by Gasteiger charge is -2.23. The van der Waals surface area contributed by atoms with E-state index in [0.29, 0.717) is 17.9 Å². The van der Waals surface area contributed by atoms with Crippen molar-refractivity contribution >= 4 is 21.6 Å². The molecule has 2 aromatic carbocycles. The number of carbonyl (C=O) groups is 1. The number of sulfonamides is 1. The predicted octanol–water partition coefficient (Wildman–Crippen LogP) is 1.94. The maximum Gasteiger partial charge on any atom is 0.265 e. The first-order chi connectivity index (χ1) is 12.4. The Morgan fingerprint density at radius 1 is 1.19 bits per heavy atom. The van der Waals surface area contributed by atoms with E-state index in [1.54, 1.807) is 20.1 Å². The molecule has 2 aromatic rings. The van der Waals surface area contributed by atoms with Crippen LogP contribution in [0.5, 0.6) is 11.5 Å². The Bertz CT molecular complexity index is 910. The molecule has 0 aliphatic carbocycles. The molecule has 2 N–H and O–H groups in total. The monoisotopic (exact) mass is 376 g/mol. The summed E-state index contributed by atoms with van der Waals surface area (Å²) in [5.74, 6) is 0.899. The molecule has 1 unspecified atom stereocenters. The summed E-state index contributed by atoms with van der Waals surface area (Å²) in [5.41, 5.74) is 1.35. The summed E-state index contributed by atoms with van der Waals surface area (Å²) >= 11 is 0. The first-order valence-corrected chi connectivity index (χ1v) is 9.61. The Hall–Kier alpha value is -2.58. The van der Waals surface area contributed by atoms with Gasteiger partial charge in [-0.1, -0.05) is 12.1 Å². The van der Waals surface area contributed by atoms with Crippen molar-refractivity contribution in [3.05, 3.63) is 48.0 Å². The summed E-state index contributed by atoms with van der Waals surface area (Å²) in [6.45, 7) is 1.88. The van der Waals surface area contributed by atoms with Crippen LogP contribution in [0.15, 0.2) is 47.4 Å². The average molecular weight is 376 g/mol. The topological polar surface area (TPSA) is 93.7 Å². The normalized spacial score (nSPS) is 16.4. The van der Waals surface area contributed by atoms with E-state index in [9.17, 15) is 13.2 Å². The summed E-state index contributed by atoms with van der Waals surface area (Å²) in [7, 11) is -2.10. The SMILES string of the molecule is COc1ccc(CCNS(=O)(=O)c2ccc3c(c2)NC(=O)C(C)O3)cc1. The second-order valence-corrected chi connectivity index (χ2v) is 7.67. The van der Waals surface area contributed by atoms with Crippen molar-refractivity contribution in [2.24, 2.45) is 0 Å². The number of anilines is 1. The molecule has 0 radical (unpaired) electrons. The number of fused-ring (bicyclic) bond motifs is 1. The highest BCUT2D eigenvalue weighted by Crippen LogP contribution is 2.31. The Balaban J connectivity index is 1.66. The molecule has 0 saturated heterocycles. The van der Waals surface area contributed by atoms with E-state index in [2.05, 4.69) is 10.0 Å². The van der Waals surface area contributed by atoms with Gasteiger partial charge < -0.3 is 14.8 Å². The van der Waals surface area contributed by atoms with Gasteiger partial charge in [0.05, 0.1) is 17.7 Å². The highest BCUT2D eigenvalue weighted by molar-refractivity contribution is 7.89. The minimum atomic E-state index is -3.69. The number of benzene rings is 2. The molecule has 1 amide bonds. The maximum atomic E-state index is 12.5. The number of rotatable bonds is 6. The standard InChI is InChI=1S/C18H20N2O5S/c1-12-18(21)20-16-11-15(7-8-17(16)25-12)26(22,23)19-10-9-13-3-5-14(24-2)6-4-13/h3-8,11-12,19H,9-10H2,1-2H3,(H,20,21). The van der Waals surface area contributed by atoms with Crippen LogP contribution in [-0.2, 0) is 21.2 Å². The van der Waals surface area contributed by atoms with E-state index in [4.69, 9.17) is 9.47 Å². The molecular formula is C18H20N2O5S. The molecule has 1 heterocycles. The first-order valence-electron chi connectivity index (χ1n) is 8.13. The molecule has 1 aliphatic heterocycles. The zero-order valence-corrected chi connectivity index (χ0v) is 15.3. The van der Waals surface area contributed by atoms with Crippen molar-refractivity contribution in [1.82, 2.24) is 4.72 Å². The average Bonchev–Trinajstić information content (AvgIpc) is 2.62. The van der Waals surface area contributed by atoms with Crippen LogP contribution in [0.1, 0.15) is 12.5 Å². The first kappa shape index (κ1) is 18.2. The molecule has 0 aromatic heterocycles. The van der Waals surface area contributed by atoms with Gasteiger partial charge in [0, 0.05) is 6.54 Å². The van der Waals surface area contributed by atoms with Crippen molar-refractivity contribution in [2.45, 2.75) is 24.3 Å². The third kappa shape index (κ3) is 3.97. The van der Waals surface area contributed by atoms with Crippen LogP contribution in [0.4, 0.5) is 5.69 Å². The molecule has 0 spiro atoms. The Morgan fingerprint density at radius 3 is 2.62 bits per heavy atom. The third-order valence-corrected chi connectivity index (χ3v) is 5.52. The Kier molecular flexibility index (Phi) is 5.15. The summed E-state index contributed by atoms with van der Waals surface area (Å²) in [6.07, 6.45) is -0.0569. The van der Waals surface area contributed by atoms with Gasteiger partial charge in [0.15, 0.2) is 6.10 Å². The van der Waals surface area contributed by atoms with Crippen LogP contribution in [0.2, 0.25) is 0 Å². The molecule has 8 heteroatoms. The second kappa shape index (κ2) is 7.35. The number of hydrogen-bond donors (Lipinski definition) is 2. The zero-order valence-electron chi connectivity index (χ0n) is 14.5. The number of methoxy groups -OCH3 is 1. The van der Waals surface area contributed by atoms with Gasteiger partial charge in [0.2, 0.25) is 10.0 Å².